The summed E-state index contributed by atoms with van der Waals surface area (Å²) in [6.07, 6.45) is 8.39. The van der Waals surface area contributed by atoms with Crippen LogP contribution >= 0.6 is 0 Å². The van der Waals surface area contributed by atoms with E-state index in [9.17, 15) is 24.3 Å². The second-order valence-electron chi connectivity index (χ2n) is 15.6. The number of amides is 3. The average Bonchev–Trinajstić information content (AvgIpc) is 3.01. The number of rotatable bonds is 7. The van der Waals surface area contributed by atoms with Crippen LogP contribution in [-0.2, 0) is 42.8 Å². The number of benzene rings is 2. The van der Waals surface area contributed by atoms with Gasteiger partial charge in [0.25, 0.3) is 0 Å². The van der Waals surface area contributed by atoms with Crippen LogP contribution in [0, 0.1) is 22.7 Å². The monoisotopic (exact) mass is 643 g/mol. The zero-order chi connectivity index (χ0) is 33.8. The number of carboxylic acids is 1. The first-order valence-corrected chi connectivity index (χ1v) is 17.2. The summed E-state index contributed by atoms with van der Waals surface area (Å²) in [5.74, 6) is -1.37. The third-order valence-electron chi connectivity index (χ3n) is 12.8. The van der Waals surface area contributed by atoms with Crippen molar-refractivity contribution in [3.05, 3.63) is 58.7 Å². The molecule has 4 aliphatic carbocycles. The number of fused-ring (bicyclic) bond motifs is 6. The van der Waals surface area contributed by atoms with E-state index in [1.165, 1.54) is 11.1 Å². The molecule has 4 aliphatic rings. The van der Waals surface area contributed by atoms with Crippen molar-refractivity contribution < 1.29 is 29.4 Å². The molecule has 6 atom stereocenters. The molecule has 6 rings (SSSR count). The molecule has 0 bridgehead atoms. The molecule has 2 aromatic carbocycles. The average molecular weight is 644 g/mol. The Kier molecular flexibility index (Phi) is 8.52. The zero-order valence-corrected chi connectivity index (χ0v) is 28.1. The Morgan fingerprint density at radius 3 is 1.83 bits per heavy atom. The fourth-order valence-electron chi connectivity index (χ4n) is 10.4. The highest BCUT2D eigenvalue weighted by Gasteiger charge is 2.58. The Bertz CT molecular complexity index is 1620. The number of phenols is 1. The van der Waals surface area contributed by atoms with E-state index >= 15 is 0 Å². The largest absolute Gasteiger partial charge is 0.508 e. The first-order valence-electron chi connectivity index (χ1n) is 17.2. The van der Waals surface area contributed by atoms with E-state index in [0.29, 0.717) is 12.1 Å². The van der Waals surface area contributed by atoms with Gasteiger partial charge >= 0.3 is 5.97 Å². The lowest BCUT2D eigenvalue weighted by molar-refractivity contribution is -0.150. The Hall–Kier alpha value is -3.72. The number of anilines is 1. The van der Waals surface area contributed by atoms with Crippen molar-refractivity contribution in [1.82, 2.24) is 10.6 Å². The van der Waals surface area contributed by atoms with Gasteiger partial charge in [0.1, 0.15) is 5.75 Å². The molecule has 0 spiro atoms. The van der Waals surface area contributed by atoms with E-state index in [1.54, 1.807) is 6.07 Å². The lowest BCUT2D eigenvalue weighted by Crippen LogP contribution is -2.60. The Balaban J connectivity index is 1.21. The number of aliphatic carboxylic acids is 1. The van der Waals surface area contributed by atoms with Crippen LogP contribution in [0.5, 0.6) is 5.75 Å². The number of aryl methyl sites for hydroxylation is 2. The molecule has 0 aliphatic heterocycles. The van der Waals surface area contributed by atoms with Gasteiger partial charge in [-0.05, 0) is 121 Å². The molecule has 0 aromatic heterocycles. The predicted octanol–water partition coefficient (Wildman–Crippen LogP) is 5.37. The van der Waals surface area contributed by atoms with Crippen molar-refractivity contribution in [2.24, 2.45) is 22.7 Å². The van der Waals surface area contributed by atoms with Crippen LogP contribution in [0.2, 0.25) is 0 Å². The summed E-state index contributed by atoms with van der Waals surface area (Å²) in [4.78, 5) is 52.0. The third-order valence-corrected chi connectivity index (χ3v) is 12.8. The van der Waals surface area contributed by atoms with Gasteiger partial charge in [0.2, 0.25) is 17.7 Å². The molecule has 2 fully saturated rings. The first-order chi connectivity index (χ1) is 22.2. The van der Waals surface area contributed by atoms with Gasteiger partial charge in [0, 0.05) is 5.69 Å². The van der Waals surface area contributed by atoms with Crippen molar-refractivity contribution in [2.75, 3.05) is 18.4 Å². The maximum atomic E-state index is 14.4. The van der Waals surface area contributed by atoms with Crippen LogP contribution in [0.3, 0.4) is 0 Å². The number of nitrogens with one attached hydrogen (secondary N) is 3. The number of carbonyl (C=O) groups is 4. The van der Waals surface area contributed by atoms with Crippen molar-refractivity contribution in [1.29, 1.82) is 0 Å². The predicted molar refractivity (Wildman–Crippen MR) is 179 cm³/mol. The van der Waals surface area contributed by atoms with E-state index < -0.39 is 16.8 Å². The number of hydrogen-bond acceptors (Lipinski definition) is 6. The number of phenolic OH excluding ortho intramolecular Hbond substituents is 1. The summed E-state index contributed by atoms with van der Waals surface area (Å²) in [5, 5.41) is 27.7. The fraction of sp³-hybridized carbons (Fsp3) is 0.579. The van der Waals surface area contributed by atoms with E-state index in [1.807, 2.05) is 38.1 Å². The van der Waals surface area contributed by atoms with Crippen LogP contribution in [0.25, 0.3) is 0 Å². The van der Waals surface area contributed by atoms with Gasteiger partial charge in [-0.1, -0.05) is 52.7 Å². The van der Waals surface area contributed by atoms with Crippen molar-refractivity contribution in [3.8, 4) is 5.75 Å². The van der Waals surface area contributed by atoms with Gasteiger partial charge in [-0.3, -0.25) is 29.8 Å². The van der Waals surface area contributed by atoms with E-state index in [0.717, 1.165) is 68.9 Å². The molecular weight excluding hydrogens is 594 g/mol. The molecule has 47 heavy (non-hydrogen) atoms. The smallest absolute Gasteiger partial charge is 0.317 e. The normalized spacial score (nSPS) is 32.5. The summed E-state index contributed by atoms with van der Waals surface area (Å²) in [6.45, 7) is 8.14. The fourth-order valence-corrected chi connectivity index (χ4v) is 10.4. The van der Waals surface area contributed by atoms with Crippen LogP contribution in [0.15, 0.2) is 36.4 Å². The van der Waals surface area contributed by atoms with Crippen molar-refractivity contribution in [2.45, 2.75) is 103 Å². The molecule has 3 amide bonds. The van der Waals surface area contributed by atoms with E-state index in [-0.39, 0.29) is 59.2 Å². The summed E-state index contributed by atoms with van der Waals surface area (Å²) >= 11 is 0. The molecule has 5 N–H and O–H groups in total. The molecule has 252 valence electrons. The van der Waals surface area contributed by atoms with Crippen LogP contribution < -0.4 is 16.0 Å². The third kappa shape index (κ3) is 5.64. The highest BCUT2D eigenvalue weighted by atomic mass is 16.4. The number of carbonyl (C=O) groups excluding carboxylic acids is 3. The van der Waals surface area contributed by atoms with E-state index in [4.69, 9.17) is 5.11 Å². The van der Waals surface area contributed by atoms with Crippen LogP contribution in [0.1, 0.15) is 101 Å². The number of imide groups is 1. The second-order valence-corrected chi connectivity index (χ2v) is 15.6. The molecule has 2 aromatic rings. The highest BCUT2D eigenvalue weighted by Crippen LogP contribution is 2.59. The molecular formula is C38H49N3O6. The van der Waals surface area contributed by atoms with Crippen LogP contribution in [-0.4, -0.2) is 47.0 Å². The first kappa shape index (κ1) is 33.2. The van der Waals surface area contributed by atoms with Crippen molar-refractivity contribution >= 4 is 29.4 Å². The lowest BCUT2D eigenvalue weighted by Gasteiger charge is -2.56. The summed E-state index contributed by atoms with van der Waals surface area (Å²) in [7, 11) is 0. The summed E-state index contributed by atoms with van der Waals surface area (Å²) in [6, 6.07) is 11.6. The SMILES string of the molecule is C[C@]1(C(=O)NC(=O)[C@@]2(C)CCC[C@]3(C)c4cc(NC(=O)CNCC(=O)O)ccc4CC[C@@H]23)CCC[C@]2(C)c3cc(O)ccc3CC[C@@H]12. The Morgan fingerprint density at radius 1 is 0.745 bits per heavy atom. The zero-order valence-electron chi connectivity index (χ0n) is 28.1. The maximum absolute atomic E-state index is 14.4. The molecule has 0 heterocycles. The van der Waals surface area contributed by atoms with Gasteiger partial charge in [-0.2, -0.15) is 0 Å². The second kappa shape index (κ2) is 12.1. The van der Waals surface area contributed by atoms with Crippen LogP contribution in [0.4, 0.5) is 5.69 Å². The van der Waals surface area contributed by atoms with Gasteiger partial charge in [0.15, 0.2) is 0 Å². The number of hydrogen-bond donors (Lipinski definition) is 5. The molecule has 2 saturated carbocycles. The standard InChI is InChI=1S/C38H49N3O6/c1-35-15-5-17-37(3,29(35)13-9-23-7-11-25(19-27(23)35)40-31(43)21-39-22-32(44)45)33(46)41-34(47)38(4)18-6-16-36(2)28-20-26(42)12-8-24(28)10-14-30(36)38/h7-8,11-12,19-20,29-30,39,42H,5-6,9-10,13-18,21-22H2,1-4H3,(H,40,43)(H,44,45)(H,41,46,47)/t29-,30-,35-,36-,37+,38+/m1/s1. The van der Waals surface area contributed by atoms with E-state index in [2.05, 4.69) is 35.9 Å². The Morgan fingerprint density at radius 2 is 1.28 bits per heavy atom. The summed E-state index contributed by atoms with van der Waals surface area (Å²) < 4.78 is 0. The molecule has 0 unspecified atom stereocenters. The molecule has 0 radical (unpaired) electrons. The minimum atomic E-state index is -1.02. The lowest BCUT2D eigenvalue weighted by atomic mass is 9.49. The molecule has 9 nitrogen and oxygen atoms in total. The minimum absolute atomic E-state index is 0.0150. The Labute approximate surface area is 277 Å². The summed E-state index contributed by atoms with van der Waals surface area (Å²) in [5.41, 5.74) is 3.37. The quantitative estimate of drug-likeness (QED) is 0.255. The van der Waals surface area contributed by atoms with Gasteiger partial charge in [-0.25, -0.2) is 0 Å². The molecule has 9 heteroatoms. The number of aromatic hydroxyl groups is 1. The van der Waals surface area contributed by atoms with Gasteiger partial charge < -0.3 is 15.5 Å². The molecule has 0 saturated heterocycles. The topological polar surface area (TPSA) is 145 Å². The number of carboxylic acid groups (broad SMARTS) is 1. The van der Waals surface area contributed by atoms with Gasteiger partial charge in [0.05, 0.1) is 23.9 Å². The van der Waals surface area contributed by atoms with Gasteiger partial charge in [-0.15, -0.1) is 0 Å². The highest BCUT2D eigenvalue weighted by molar-refractivity contribution is 6.01. The van der Waals surface area contributed by atoms with Crippen molar-refractivity contribution in [3.63, 3.8) is 0 Å². The minimum Gasteiger partial charge on any atom is -0.508 e. The maximum Gasteiger partial charge on any atom is 0.317 e.